The van der Waals surface area contributed by atoms with Crippen LogP contribution < -0.4 is 0 Å². The Labute approximate surface area is 348 Å². The maximum atomic E-state index is 12.7. The first-order chi connectivity index (χ1) is 27.6. The predicted octanol–water partition coefficient (Wildman–Crippen LogP) is 16.0. The number of hydrogen-bond donors (Lipinski definition) is 0. The van der Waals surface area contributed by atoms with Crippen molar-refractivity contribution in [3.8, 4) is 0 Å². The quantitative estimate of drug-likeness (QED) is 0.0350. The number of hydrogen-bond acceptors (Lipinski definition) is 5. The first kappa shape index (κ1) is 53.9. The van der Waals surface area contributed by atoms with Gasteiger partial charge in [-0.05, 0) is 77.0 Å². The van der Waals surface area contributed by atoms with E-state index in [0.717, 1.165) is 77.0 Å². The fraction of sp³-hybridized carbons (Fsp3) is 0.804. The SMILES string of the molecule is CC/C=C\C/C=C\C/C=C\CCCCCCOCC(COC(=O)CCCCCCC/C=C\CCCCCC)OC(=O)CCCCCCCCCCCCCCC. The van der Waals surface area contributed by atoms with Gasteiger partial charge in [0, 0.05) is 19.4 Å². The Morgan fingerprint density at radius 1 is 0.411 bits per heavy atom. The first-order valence-electron chi connectivity index (χ1n) is 24.2. The van der Waals surface area contributed by atoms with E-state index >= 15 is 0 Å². The zero-order valence-electron chi connectivity index (χ0n) is 37.4. The van der Waals surface area contributed by atoms with Crippen LogP contribution in [0.15, 0.2) is 48.6 Å². The van der Waals surface area contributed by atoms with Crippen LogP contribution in [0.2, 0.25) is 0 Å². The molecule has 56 heavy (non-hydrogen) atoms. The molecule has 5 heteroatoms. The van der Waals surface area contributed by atoms with Gasteiger partial charge in [0.05, 0.1) is 6.61 Å². The van der Waals surface area contributed by atoms with E-state index in [1.807, 2.05) is 0 Å². The highest BCUT2D eigenvalue weighted by Crippen LogP contribution is 2.14. The summed E-state index contributed by atoms with van der Waals surface area (Å²) >= 11 is 0. The lowest BCUT2D eigenvalue weighted by Gasteiger charge is -2.18. The Morgan fingerprint density at radius 3 is 1.32 bits per heavy atom. The van der Waals surface area contributed by atoms with Crippen LogP contribution in [0.3, 0.4) is 0 Å². The molecule has 0 aliphatic heterocycles. The highest BCUT2D eigenvalue weighted by atomic mass is 16.6. The number of esters is 2. The van der Waals surface area contributed by atoms with Gasteiger partial charge in [0.1, 0.15) is 6.61 Å². The third-order valence-electron chi connectivity index (χ3n) is 10.3. The molecule has 0 aliphatic rings. The van der Waals surface area contributed by atoms with Crippen LogP contribution in [0, 0.1) is 0 Å². The van der Waals surface area contributed by atoms with Crippen molar-refractivity contribution in [2.75, 3.05) is 19.8 Å². The molecule has 0 saturated carbocycles. The number of allylic oxidation sites excluding steroid dienone is 8. The van der Waals surface area contributed by atoms with E-state index in [4.69, 9.17) is 14.2 Å². The van der Waals surface area contributed by atoms with Gasteiger partial charge < -0.3 is 14.2 Å². The van der Waals surface area contributed by atoms with E-state index < -0.39 is 6.10 Å². The maximum absolute atomic E-state index is 12.7. The van der Waals surface area contributed by atoms with Crippen LogP contribution in [0.5, 0.6) is 0 Å². The van der Waals surface area contributed by atoms with Gasteiger partial charge in [0.2, 0.25) is 0 Å². The maximum Gasteiger partial charge on any atom is 0.306 e. The fourth-order valence-corrected chi connectivity index (χ4v) is 6.75. The van der Waals surface area contributed by atoms with E-state index in [2.05, 4.69) is 69.4 Å². The van der Waals surface area contributed by atoms with Gasteiger partial charge in [-0.1, -0.05) is 198 Å². The molecule has 0 rings (SSSR count). The summed E-state index contributed by atoms with van der Waals surface area (Å²) in [6.07, 6.45) is 56.8. The molecule has 0 N–H and O–H groups in total. The van der Waals surface area contributed by atoms with Crippen LogP contribution in [0.4, 0.5) is 0 Å². The van der Waals surface area contributed by atoms with E-state index in [0.29, 0.717) is 19.4 Å². The van der Waals surface area contributed by atoms with Crippen LogP contribution in [0.1, 0.15) is 239 Å². The van der Waals surface area contributed by atoms with Crippen molar-refractivity contribution in [2.24, 2.45) is 0 Å². The van der Waals surface area contributed by atoms with Gasteiger partial charge in [-0.2, -0.15) is 0 Å². The van der Waals surface area contributed by atoms with Crippen molar-refractivity contribution < 1.29 is 23.8 Å². The number of rotatable bonds is 44. The smallest absolute Gasteiger partial charge is 0.306 e. The molecule has 5 nitrogen and oxygen atoms in total. The zero-order valence-corrected chi connectivity index (χ0v) is 37.4. The number of carbonyl (C=O) groups is 2. The largest absolute Gasteiger partial charge is 0.462 e. The number of unbranched alkanes of at least 4 members (excludes halogenated alkanes) is 25. The van der Waals surface area contributed by atoms with E-state index in [-0.39, 0.29) is 25.2 Å². The fourth-order valence-electron chi connectivity index (χ4n) is 6.75. The van der Waals surface area contributed by atoms with Crippen LogP contribution in [-0.2, 0) is 23.8 Å². The van der Waals surface area contributed by atoms with E-state index in [1.165, 1.54) is 128 Å². The second kappa shape index (κ2) is 47.2. The molecule has 0 aromatic heterocycles. The Hall–Kier alpha value is -2.14. The second-order valence-corrected chi connectivity index (χ2v) is 16.0. The van der Waals surface area contributed by atoms with Crippen molar-refractivity contribution in [2.45, 2.75) is 245 Å². The lowest BCUT2D eigenvalue weighted by atomic mass is 10.0. The molecular formula is C51H92O5. The molecular weight excluding hydrogens is 693 g/mol. The third-order valence-corrected chi connectivity index (χ3v) is 10.3. The molecule has 0 aromatic carbocycles. The van der Waals surface area contributed by atoms with E-state index in [9.17, 15) is 9.59 Å². The van der Waals surface area contributed by atoms with Gasteiger partial charge in [0.25, 0.3) is 0 Å². The van der Waals surface area contributed by atoms with Gasteiger partial charge in [0.15, 0.2) is 6.10 Å². The van der Waals surface area contributed by atoms with Gasteiger partial charge in [-0.3, -0.25) is 9.59 Å². The molecule has 0 fully saturated rings. The van der Waals surface area contributed by atoms with Crippen molar-refractivity contribution in [1.82, 2.24) is 0 Å². The molecule has 0 aromatic rings. The topological polar surface area (TPSA) is 61.8 Å². The summed E-state index contributed by atoms with van der Waals surface area (Å²) in [7, 11) is 0. The molecule has 0 aliphatic carbocycles. The summed E-state index contributed by atoms with van der Waals surface area (Å²) in [6, 6.07) is 0. The number of carbonyl (C=O) groups excluding carboxylic acids is 2. The minimum Gasteiger partial charge on any atom is -0.462 e. The van der Waals surface area contributed by atoms with Gasteiger partial charge in [-0.15, -0.1) is 0 Å². The molecule has 1 unspecified atom stereocenters. The molecule has 0 saturated heterocycles. The Balaban J connectivity index is 4.30. The van der Waals surface area contributed by atoms with Crippen molar-refractivity contribution in [3.63, 3.8) is 0 Å². The monoisotopic (exact) mass is 785 g/mol. The van der Waals surface area contributed by atoms with Gasteiger partial charge >= 0.3 is 11.9 Å². The predicted molar refractivity (Wildman–Crippen MR) is 242 cm³/mol. The minimum atomic E-state index is -0.546. The Bertz CT molecular complexity index is 935. The normalized spacial score (nSPS) is 12.6. The summed E-state index contributed by atoms with van der Waals surface area (Å²) in [4.78, 5) is 25.3. The van der Waals surface area contributed by atoms with Crippen molar-refractivity contribution in [1.29, 1.82) is 0 Å². The summed E-state index contributed by atoms with van der Waals surface area (Å²) < 4.78 is 17.3. The summed E-state index contributed by atoms with van der Waals surface area (Å²) in [6.45, 7) is 7.66. The lowest BCUT2D eigenvalue weighted by molar-refractivity contribution is -0.163. The molecule has 1 atom stereocenters. The highest BCUT2D eigenvalue weighted by Gasteiger charge is 2.17. The van der Waals surface area contributed by atoms with Crippen LogP contribution >= 0.6 is 0 Å². The molecule has 0 heterocycles. The molecule has 0 spiro atoms. The standard InChI is InChI=1S/C51H92O5/c1-4-7-10-13-16-19-22-25-28-31-34-37-40-43-46-54-47-49(56-51(53)45-42-39-36-33-30-27-24-21-18-15-12-9-6-3)48-55-50(52)44-41-38-35-32-29-26-23-20-17-14-11-8-5-2/h7,10,16,19-20,23,25,28,49H,4-6,8-9,11-15,17-18,21-22,24,26-27,29-48H2,1-3H3/b10-7-,19-16-,23-20-,28-25-. The minimum absolute atomic E-state index is 0.0743. The zero-order chi connectivity index (χ0) is 40.7. The Kier molecular flexibility index (Phi) is 45.4. The second-order valence-electron chi connectivity index (χ2n) is 16.0. The molecule has 0 radical (unpaired) electrons. The van der Waals surface area contributed by atoms with Crippen molar-refractivity contribution >= 4 is 11.9 Å². The molecule has 0 bridgehead atoms. The lowest BCUT2D eigenvalue weighted by Crippen LogP contribution is -2.30. The number of ether oxygens (including phenoxy) is 3. The molecule has 0 amide bonds. The summed E-state index contributed by atoms with van der Waals surface area (Å²) in [5.74, 6) is -0.413. The summed E-state index contributed by atoms with van der Waals surface area (Å²) in [5.41, 5.74) is 0. The molecule has 326 valence electrons. The average molecular weight is 785 g/mol. The first-order valence-corrected chi connectivity index (χ1v) is 24.2. The van der Waals surface area contributed by atoms with Crippen molar-refractivity contribution in [3.05, 3.63) is 48.6 Å². The van der Waals surface area contributed by atoms with Crippen LogP contribution in [0.25, 0.3) is 0 Å². The Morgan fingerprint density at radius 2 is 0.804 bits per heavy atom. The highest BCUT2D eigenvalue weighted by molar-refractivity contribution is 5.70. The average Bonchev–Trinajstić information content (AvgIpc) is 3.20. The van der Waals surface area contributed by atoms with E-state index in [1.54, 1.807) is 0 Å². The van der Waals surface area contributed by atoms with Gasteiger partial charge in [-0.25, -0.2) is 0 Å². The summed E-state index contributed by atoms with van der Waals surface area (Å²) in [5, 5.41) is 0. The van der Waals surface area contributed by atoms with Crippen LogP contribution in [-0.4, -0.2) is 37.9 Å². The third kappa shape index (κ3) is 44.6.